The van der Waals surface area contributed by atoms with Crippen molar-refractivity contribution in [2.45, 2.75) is 0 Å². The fourth-order valence-corrected chi connectivity index (χ4v) is 3.74. The van der Waals surface area contributed by atoms with Crippen LogP contribution in [0.5, 0.6) is 11.5 Å². The van der Waals surface area contributed by atoms with E-state index < -0.39 is 0 Å². The van der Waals surface area contributed by atoms with Gasteiger partial charge in [-0.3, -0.25) is 0 Å². The summed E-state index contributed by atoms with van der Waals surface area (Å²) < 4.78 is 14.7. The zero-order valence-electron chi connectivity index (χ0n) is 17.8. The highest BCUT2D eigenvalue weighted by atomic mass is 16.5. The normalized spacial score (nSPS) is 10.8. The Morgan fingerprint density at radius 3 is 1.88 bits per heavy atom. The molecule has 0 saturated carbocycles. The summed E-state index contributed by atoms with van der Waals surface area (Å²) in [5.41, 5.74) is 4.87. The lowest BCUT2D eigenvalue weighted by molar-refractivity contribution is 0.415. The second-order valence-electron chi connectivity index (χ2n) is 7.21. The molecule has 32 heavy (non-hydrogen) atoms. The highest BCUT2D eigenvalue weighted by molar-refractivity contribution is 5.82. The molecule has 2 aromatic heterocycles. The van der Waals surface area contributed by atoms with Crippen LogP contribution in [0.4, 0.5) is 0 Å². The van der Waals surface area contributed by atoms with Gasteiger partial charge < -0.3 is 9.47 Å². The van der Waals surface area contributed by atoms with E-state index in [0.717, 1.165) is 45.4 Å². The topological polar surface area (TPSA) is 54.1 Å². The van der Waals surface area contributed by atoms with Crippen LogP contribution < -0.4 is 9.47 Å². The van der Waals surface area contributed by atoms with Gasteiger partial charge in [0.2, 0.25) is 0 Å². The molecule has 2 heterocycles. The lowest BCUT2D eigenvalue weighted by atomic mass is 10.0. The van der Waals surface area contributed by atoms with Gasteiger partial charge >= 0.3 is 0 Å². The van der Waals surface area contributed by atoms with Gasteiger partial charge in [0.1, 0.15) is 17.8 Å². The number of methoxy groups -OCH3 is 2. The number of ether oxygens (including phenoxy) is 2. The van der Waals surface area contributed by atoms with Crippen molar-refractivity contribution in [1.29, 1.82) is 0 Å². The van der Waals surface area contributed by atoms with Crippen molar-refractivity contribution in [3.05, 3.63) is 97.6 Å². The third kappa shape index (κ3) is 3.52. The summed E-state index contributed by atoms with van der Waals surface area (Å²) in [4.78, 5) is 9.40. The van der Waals surface area contributed by atoms with Crippen LogP contribution in [0.25, 0.3) is 33.9 Å². The summed E-state index contributed by atoms with van der Waals surface area (Å²) in [6.45, 7) is 0. The van der Waals surface area contributed by atoms with E-state index in [1.807, 2.05) is 77.6 Å². The molecule has 0 spiro atoms. The number of imidazole rings is 2. The molecule has 0 unspecified atom stereocenters. The van der Waals surface area contributed by atoms with Gasteiger partial charge in [-0.25, -0.2) is 19.3 Å². The fraction of sp³-hybridized carbons (Fsp3) is 0.0769. The van der Waals surface area contributed by atoms with Gasteiger partial charge in [0.05, 0.1) is 25.6 Å². The first-order valence-corrected chi connectivity index (χ1v) is 10.2. The molecular weight excluding hydrogens is 400 g/mol. The molecule has 6 nitrogen and oxygen atoms in total. The maximum Gasteiger partial charge on any atom is 0.160 e. The van der Waals surface area contributed by atoms with E-state index in [0.29, 0.717) is 0 Å². The minimum atomic E-state index is 0.799. The maximum absolute atomic E-state index is 5.35. The number of rotatable bonds is 6. The lowest BCUT2D eigenvalue weighted by Crippen LogP contribution is -2.10. The first-order valence-electron chi connectivity index (χ1n) is 10.2. The molecule has 0 saturated heterocycles. The van der Waals surface area contributed by atoms with Gasteiger partial charge in [-0.1, -0.05) is 30.3 Å². The molecule has 158 valence electrons. The van der Waals surface area contributed by atoms with Crippen molar-refractivity contribution < 1.29 is 9.47 Å². The van der Waals surface area contributed by atoms with Crippen LogP contribution in [0.3, 0.4) is 0 Å². The number of aromatic nitrogens is 4. The van der Waals surface area contributed by atoms with Crippen molar-refractivity contribution in [3.8, 4) is 45.4 Å². The predicted molar refractivity (Wildman–Crippen MR) is 125 cm³/mol. The molecule has 0 atom stereocenters. The molecule has 0 amide bonds. The Bertz CT molecular complexity index is 1310. The van der Waals surface area contributed by atoms with Crippen molar-refractivity contribution in [2.75, 3.05) is 14.2 Å². The summed E-state index contributed by atoms with van der Waals surface area (Å²) in [6.07, 6.45) is 5.46. The Balaban J connectivity index is 1.81. The Kier molecular flexibility index (Phi) is 5.17. The van der Waals surface area contributed by atoms with Crippen LogP contribution in [-0.2, 0) is 0 Å². The van der Waals surface area contributed by atoms with Crippen molar-refractivity contribution >= 4 is 0 Å². The summed E-state index contributed by atoms with van der Waals surface area (Å²) >= 11 is 0. The summed E-state index contributed by atoms with van der Waals surface area (Å²) in [5, 5.41) is 0. The Labute approximate surface area is 186 Å². The molecule has 0 N–H and O–H groups in total. The maximum atomic E-state index is 5.35. The lowest BCUT2D eigenvalue weighted by Gasteiger charge is -2.14. The van der Waals surface area contributed by atoms with E-state index in [1.54, 1.807) is 26.7 Å². The average Bonchev–Trinajstić information content (AvgIpc) is 3.53. The molecule has 0 bridgehead atoms. The summed E-state index contributed by atoms with van der Waals surface area (Å²) in [7, 11) is 3.33. The largest absolute Gasteiger partial charge is 0.497 e. The molecule has 0 radical (unpaired) electrons. The molecule has 0 fully saturated rings. The Morgan fingerprint density at radius 1 is 0.688 bits per heavy atom. The molecule has 0 aliphatic carbocycles. The number of benzene rings is 3. The minimum Gasteiger partial charge on any atom is -0.497 e. The first kappa shape index (κ1) is 19.6. The molecule has 3 aromatic carbocycles. The van der Waals surface area contributed by atoms with Gasteiger partial charge in [0, 0.05) is 29.1 Å². The van der Waals surface area contributed by atoms with E-state index in [2.05, 4.69) is 21.8 Å². The predicted octanol–water partition coefficient (Wildman–Crippen LogP) is 5.41. The first-order chi connectivity index (χ1) is 15.8. The fourth-order valence-electron chi connectivity index (χ4n) is 3.74. The van der Waals surface area contributed by atoms with Gasteiger partial charge in [-0.15, -0.1) is 0 Å². The Morgan fingerprint density at radius 2 is 1.31 bits per heavy atom. The van der Waals surface area contributed by atoms with Crippen molar-refractivity contribution in [1.82, 2.24) is 19.3 Å². The molecule has 5 aromatic rings. The van der Waals surface area contributed by atoms with Crippen LogP contribution in [0, 0.1) is 0 Å². The molecular formula is C26H22N4O2. The second-order valence-corrected chi connectivity index (χ2v) is 7.21. The van der Waals surface area contributed by atoms with Crippen LogP contribution in [-0.4, -0.2) is 33.5 Å². The van der Waals surface area contributed by atoms with Crippen LogP contribution in [0.15, 0.2) is 97.6 Å². The molecule has 0 aliphatic heterocycles. The van der Waals surface area contributed by atoms with E-state index in [9.17, 15) is 0 Å². The quantitative estimate of drug-likeness (QED) is 0.367. The summed E-state index contributed by atoms with van der Waals surface area (Å²) in [6, 6.07) is 26.1. The SMILES string of the molecule is COc1ccc(-c2nc(-c3ccc(OC)cc3)n(-n3ccnc3)c2-c2ccccc2)cc1. The van der Waals surface area contributed by atoms with E-state index in [1.165, 1.54) is 0 Å². The standard InChI is InChI=1S/C26H22N4O2/c1-31-22-12-8-19(9-13-22)24-25(20-6-4-3-5-7-20)30(29-17-16-27-18-29)26(28-24)21-10-14-23(32-2)15-11-21/h3-18H,1-2H3. The Hall–Kier alpha value is -4.32. The third-order valence-electron chi connectivity index (χ3n) is 5.33. The smallest absolute Gasteiger partial charge is 0.160 e. The highest BCUT2D eigenvalue weighted by Gasteiger charge is 2.22. The number of hydrogen-bond acceptors (Lipinski definition) is 4. The van der Waals surface area contributed by atoms with E-state index in [4.69, 9.17) is 14.5 Å². The van der Waals surface area contributed by atoms with Crippen LogP contribution in [0.2, 0.25) is 0 Å². The molecule has 5 rings (SSSR count). The average molecular weight is 422 g/mol. The van der Waals surface area contributed by atoms with Gasteiger partial charge in [-0.05, 0) is 48.5 Å². The number of nitrogens with zero attached hydrogens (tertiary/aromatic N) is 4. The molecule has 6 heteroatoms. The van der Waals surface area contributed by atoms with Gasteiger partial charge in [0.25, 0.3) is 0 Å². The second kappa shape index (κ2) is 8.43. The van der Waals surface area contributed by atoms with Crippen molar-refractivity contribution in [3.63, 3.8) is 0 Å². The minimum absolute atomic E-state index is 0.799. The molecule has 0 aliphatic rings. The van der Waals surface area contributed by atoms with Gasteiger partial charge in [0.15, 0.2) is 5.82 Å². The zero-order chi connectivity index (χ0) is 21.9. The van der Waals surface area contributed by atoms with E-state index in [-0.39, 0.29) is 0 Å². The van der Waals surface area contributed by atoms with Crippen LogP contribution >= 0.6 is 0 Å². The zero-order valence-corrected chi connectivity index (χ0v) is 17.8. The van der Waals surface area contributed by atoms with Crippen molar-refractivity contribution in [2.24, 2.45) is 0 Å². The highest BCUT2D eigenvalue weighted by Crippen LogP contribution is 2.37. The number of hydrogen-bond donors (Lipinski definition) is 0. The van der Waals surface area contributed by atoms with Crippen LogP contribution in [0.1, 0.15) is 0 Å². The van der Waals surface area contributed by atoms with E-state index >= 15 is 0 Å². The monoisotopic (exact) mass is 422 g/mol. The summed E-state index contributed by atoms with van der Waals surface area (Å²) in [5.74, 6) is 2.41. The van der Waals surface area contributed by atoms with Gasteiger partial charge in [-0.2, -0.15) is 0 Å². The third-order valence-corrected chi connectivity index (χ3v) is 5.33.